The Balaban J connectivity index is 1.24. The van der Waals surface area contributed by atoms with Crippen LogP contribution in [0.25, 0.3) is 11.3 Å². The number of nitrogens with one attached hydrogen (secondary N) is 1. The third-order valence-corrected chi connectivity index (χ3v) is 5.62. The minimum atomic E-state index is 0.737. The Morgan fingerprint density at radius 1 is 1.00 bits per heavy atom. The van der Waals surface area contributed by atoms with Gasteiger partial charge in [-0.3, -0.25) is 4.98 Å². The lowest BCUT2D eigenvalue weighted by molar-refractivity contribution is 0.282. The normalized spacial score (nSPS) is 24.1. The Labute approximate surface area is 149 Å². The molecule has 0 amide bonds. The van der Waals surface area contributed by atoms with E-state index in [0.29, 0.717) is 0 Å². The van der Waals surface area contributed by atoms with E-state index >= 15 is 0 Å². The van der Waals surface area contributed by atoms with Crippen LogP contribution in [0.5, 0.6) is 0 Å². The highest BCUT2D eigenvalue weighted by atomic mass is 15.3. The van der Waals surface area contributed by atoms with Crippen LogP contribution in [0.1, 0.15) is 32.6 Å². The Bertz CT molecular complexity index is 658. The van der Waals surface area contributed by atoms with E-state index in [0.717, 1.165) is 54.6 Å². The fourth-order valence-electron chi connectivity index (χ4n) is 3.85. The summed E-state index contributed by atoms with van der Waals surface area (Å²) >= 11 is 0. The van der Waals surface area contributed by atoms with Gasteiger partial charge in [0.2, 0.25) is 0 Å². The van der Waals surface area contributed by atoms with Crippen LogP contribution in [-0.4, -0.2) is 40.9 Å². The molecule has 2 aromatic rings. The Morgan fingerprint density at radius 2 is 1.76 bits per heavy atom. The summed E-state index contributed by atoms with van der Waals surface area (Å²) in [5.41, 5.74) is 1.96. The van der Waals surface area contributed by atoms with Gasteiger partial charge in [-0.05, 0) is 55.9 Å². The van der Waals surface area contributed by atoms with Gasteiger partial charge in [0.15, 0.2) is 5.82 Å². The van der Waals surface area contributed by atoms with Crippen LogP contribution in [0.2, 0.25) is 0 Å². The number of anilines is 1. The molecule has 1 saturated heterocycles. The van der Waals surface area contributed by atoms with Crippen LogP contribution < -0.4 is 10.2 Å². The molecule has 2 fully saturated rings. The second-order valence-corrected chi connectivity index (χ2v) is 7.65. The van der Waals surface area contributed by atoms with Crippen molar-refractivity contribution in [2.24, 2.45) is 11.8 Å². The summed E-state index contributed by atoms with van der Waals surface area (Å²) < 4.78 is 0. The number of hydrogen-bond acceptors (Lipinski definition) is 5. The molecular weight excluding hydrogens is 310 g/mol. The van der Waals surface area contributed by atoms with E-state index in [4.69, 9.17) is 0 Å². The van der Waals surface area contributed by atoms with Crippen molar-refractivity contribution in [2.75, 3.05) is 24.5 Å². The summed E-state index contributed by atoms with van der Waals surface area (Å²) in [6.07, 6.45) is 9.02. The highest BCUT2D eigenvalue weighted by molar-refractivity contribution is 5.59. The monoisotopic (exact) mass is 337 g/mol. The van der Waals surface area contributed by atoms with Gasteiger partial charge in [0.1, 0.15) is 0 Å². The van der Waals surface area contributed by atoms with Gasteiger partial charge in [0, 0.05) is 49.6 Å². The van der Waals surface area contributed by atoms with Crippen molar-refractivity contribution < 1.29 is 0 Å². The molecule has 2 aliphatic rings. The minimum Gasteiger partial charge on any atom is -0.354 e. The Kier molecular flexibility index (Phi) is 4.92. The highest BCUT2D eigenvalue weighted by Gasteiger charge is 2.29. The first kappa shape index (κ1) is 16.5. The maximum absolute atomic E-state index is 4.40. The van der Waals surface area contributed by atoms with E-state index in [1.807, 2.05) is 18.2 Å². The van der Waals surface area contributed by atoms with E-state index in [1.54, 1.807) is 12.4 Å². The van der Waals surface area contributed by atoms with Gasteiger partial charge in [-0.25, -0.2) is 0 Å². The molecule has 4 rings (SSSR count). The van der Waals surface area contributed by atoms with E-state index in [-0.39, 0.29) is 0 Å². The van der Waals surface area contributed by atoms with E-state index in [2.05, 4.69) is 38.4 Å². The second-order valence-electron chi connectivity index (χ2n) is 7.65. The maximum atomic E-state index is 4.40. The standard InChI is InChI=1S/C20H27N5/c1-15-2-4-18(5-3-15)22-12-16-13-25(14-16)20-7-6-19(23-24-20)17-8-10-21-11-9-17/h6-11,15-16,18,22H,2-5,12-14H2,1H3. The summed E-state index contributed by atoms with van der Waals surface area (Å²) in [7, 11) is 0. The van der Waals surface area contributed by atoms with Gasteiger partial charge in [-0.2, -0.15) is 0 Å². The third-order valence-electron chi connectivity index (χ3n) is 5.62. The number of pyridine rings is 1. The smallest absolute Gasteiger partial charge is 0.151 e. The average Bonchev–Trinajstić information content (AvgIpc) is 2.63. The first-order chi connectivity index (χ1) is 12.3. The molecule has 1 aliphatic heterocycles. The first-order valence-corrected chi connectivity index (χ1v) is 9.50. The summed E-state index contributed by atoms with van der Waals surface area (Å²) in [5, 5.41) is 12.6. The van der Waals surface area contributed by atoms with Crippen molar-refractivity contribution in [2.45, 2.75) is 38.6 Å². The fourth-order valence-corrected chi connectivity index (χ4v) is 3.85. The number of nitrogens with zero attached hydrogens (tertiary/aromatic N) is 4. The maximum Gasteiger partial charge on any atom is 0.151 e. The molecule has 0 radical (unpaired) electrons. The third kappa shape index (κ3) is 3.98. The van der Waals surface area contributed by atoms with Crippen LogP contribution in [-0.2, 0) is 0 Å². The molecule has 1 aliphatic carbocycles. The number of hydrogen-bond donors (Lipinski definition) is 1. The molecule has 5 heteroatoms. The van der Waals surface area contributed by atoms with E-state index in [1.165, 1.54) is 25.7 Å². The highest BCUT2D eigenvalue weighted by Crippen LogP contribution is 2.26. The summed E-state index contributed by atoms with van der Waals surface area (Å²) in [5.74, 6) is 2.65. The molecule has 132 valence electrons. The van der Waals surface area contributed by atoms with Crippen molar-refractivity contribution in [3.63, 3.8) is 0 Å². The van der Waals surface area contributed by atoms with Crippen LogP contribution in [0.15, 0.2) is 36.7 Å². The molecule has 0 aromatic carbocycles. The zero-order valence-electron chi connectivity index (χ0n) is 14.9. The Hall–Kier alpha value is -2.01. The quantitative estimate of drug-likeness (QED) is 0.908. The van der Waals surface area contributed by atoms with Crippen molar-refractivity contribution in [1.29, 1.82) is 0 Å². The molecule has 0 bridgehead atoms. The largest absolute Gasteiger partial charge is 0.354 e. The second kappa shape index (κ2) is 7.48. The van der Waals surface area contributed by atoms with Crippen LogP contribution in [0.4, 0.5) is 5.82 Å². The lowest BCUT2D eigenvalue weighted by atomic mass is 9.87. The zero-order valence-corrected chi connectivity index (χ0v) is 14.9. The van der Waals surface area contributed by atoms with Gasteiger partial charge in [-0.1, -0.05) is 6.92 Å². The van der Waals surface area contributed by atoms with Gasteiger partial charge in [0.25, 0.3) is 0 Å². The molecule has 0 unspecified atom stereocenters. The van der Waals surface area contributed by atoms with Gasteiger partial charge < -0.3 is 10.2 Å². The SMILES string of the molecule is CC1CCC(NCC2CN(c3ccc(-c4ccncc4)nn3)C2)CC1. The van der Waals surface area contributed by atoms with Gasteiger partial charge in [-0.15, -0.1) is 10.2 Å². The molecule has 1 N–H and O–H groups in total. The minimum absolute atomic E-state index is 0.737. The average molecular weight is 337 g/mol. The van der Waals surface area contributed by atoms with Crippen molar-refractivity contribution >= 4 is 5.82 Å². The van der Waals surface area contributed by atoms with Crippen molar-refractivity contribution in [3.05, 3.63) is 36.7 Å². The van der Waals surface area contributed by atoms with Gasteiger partial charge >= 0.3 is 0 Å². The molecule has 0 spiro atoms. The number of aromatic nitrogens is 3. The first-order valence-electron chi connectivity index (χ1n) is 9.50. The Morgan fingerprint density at radius 3 is 2.44 bits per heavy atom. The van der Waals surface area contributed by atoms with Crippen molar-refractivity contribution in [3.8, 4) is 11.3 Å². The molecule has 25 heavy (non-hydrogen) atoms. The van der Waals surface area contributed by atoms with Crippen LogP contribution >= 0.6 is 0 Å². The van der Waals surface area contributed by atoms with Gasteiger partial charge in [0.05, 0.1) is 5.69 Å². The van der Waals surface area contributed by atoms with E-state index < -0.39 is 0 Å². The summed E-state index contributed by atoms with van der Waals surface area (Å²) in [6.45, 7) is 5.68. The number of rotatable bonds is 5. The van der Waals surface area contributed by atoms with Crippen LogP contribution in [0, 0.1) is 11.8 Å². The lowest BCUT2D eigenvalue weighted by Gasteiger charge is -2.41. The summed E-state index contributed by atoms with van der Waals surface area (Å²) in [6, 6.07) is 8.79. The van der Waals surface area contributed by atoms with Crippen molar-refractivity contribution in [1.82, 2.24) is 20.5 Å². The molecule has 1 saturated carbocycles. The molecule has 2 aromatic heterocycles. The molecule has 5 nitrogen and oxygen atoms in total. The van der Waals surface area contributed by atoms with E-state index in [9.17, 15) is 0 Å². The molecule has 3 heterocycles. The van der Waals surface area contributed by atoms with Crippen LogP contribution in [0.3, 0.4) is 0 Å². The lowest BCUT2D eigenvalue weighted by Crippen LogP contribution is -2.52. The molecule has 0 atom stereocenters. The fraction of sp³-hybridized carbons (Fsp3) is 0.550. The summed E-state index contributed by atoms with van der Waals surface area (Å²) in [4.78, 5) is 6.36. The predicted octanol–water partition coefficient (Wildman–Crippen LogP) is 3.14. The predicted molar refractivity (Wildman–Crippen MR) is 100 cm³/mol. The topological polar surface area (TPSA) is 53.9 Å². The zero-order chi connectivity index (χ0) is 17.1. The molecular formula is C20H27N5.